The average Bonchev–Trinajstić information content (AvgIpc) is 3.42. The Hall–Kier alpha value is -2.63. The summed E-state index contributed by atoms with van der Waals surface area (Å²) in [6, 6.07) is 9.99. The van der Waals surface area contributed by atoms with Gasteiger partial charge in [-0.15, -0.1) is 0 Å². The molecule has 5 fully saturated rings. The van der Waals surface area contributed by atoms with Gasteiger partial charge in [-0.05, 0) is 88.5 Å². The van der Waals surface area contributed by atoms with Crippen LogP contribution in [0.5, 0.6) is 0 Å². The van der Waals surface area contributed by atoms with Crippen molar-refractivity contribution in [1.82, 2.24) is 20.0 Å². The Morgan fingerprint density at radius 2 is 1.69 bits per heavy atom. The lowest BCUT2D eigenvalue weighted by Gasteiger charge is -2.56. The summed E-state index contributed by atoms with van der Waals surface area (Å²) < 4.78 is 2.02. The number of carbonyl (C=O) groups is 2. The SMILES string of the molecule is Cc1nn(Cc2ccccc2)c(C)c1CNC(=O)C1CCCN1C(=O)C12CC3CC(CC(C3)C1)C2. The van der Waals surface area contributed by atoms with Crippen molar-refractivity contribution in [3.8, 4) is 0 Å². The highest BCUT2D eigenvalue weighted by Crippen LogP contribution is 2.60. The van der Waals surface area contributed by atoms with E-state index in [-0.39, 0.29) is 23.3 Å². The summed E-state index contributed by atoms with van der Waals surface area (Å²) in [5.74, 6) is 2.49. The van der Waals surface area contributed by atoms with Crippen molar-refractivity contribution >= 4 is 11.8 Å². The van der Waals surface area contributed by atoms with E-state index in [0.29, 0.717) is 6.54 Å². The Labute approximate surface area is 208 Å². The summed E-state index contributed by atoms with van der Waals surface area (Å²) >= 11 is 0. The number of carbonyl (C=O) groups excluding carboxylic acids is 2. The minimum Gasteiger partial charge on any atom is -0.350 e. The molecule has 6 nitrogen and oxygen atoms in total. The van der Waals surface area contributed by atoms with E-state index in [2.05, 4.69) is 24.4 Å². The molecule has 4 aliphatic carbocycles. The maximum atomic E-state index is 13.9. The molecular formula is C29H38N4O2. The van der Waals surface area contributed by atoms with Crippen LogP contribution in [0, 0.1) is 37.0 Å². The number of aromatic nitrogens is 2. The summed E-state index contributed by atoms with van der Waals surface area (Å²) in [4.78, 5) is 29.2. The Morgan fingerprint density at radius 1 is 1.03 bits per heavy atom. The van der Waals surface area contributed by atoms with Crippen molar-refractivity contribution in [1.29, 1.82) is 0 Å². The lowest BCUT2D eigenvalue weighted by Crippen LogP contribution is -2.57. The van der Waals surface area contributed by atoms with Gasteiger partial charge in [0.1, 0.15) is 6.04 Å². The second kappa shape index (κ2) is 8.79. The van der Waals surface area contributed by atoms with Crippen LogP contribution < -0.4 is 5.32 Å². The minimum absolute atomic E-state index is 0.00446. The first-order valence-corrected chi connectivity index (χ1v) is 13.6. The molecule has 0 radical (unpaired) electrons. The number of hydrogen-bond acceptors (Lipinski definition) is 3. The van der Waals surface area contributed by atoms with Crippen LogP contribution >= 0.6 is 0 Å². The van der Waals surface area contributed by atoms with Crippen molar-refractivity contribution in [2.75, 3.05) is 6.54 Å². The first-order chi connectivity index (χ1) is 16.9. The first kappa shape index (κ1) is 22.8. The predicted octanol–water partition coefficient (Wildman–Crippen LogP) is 4.37. The van der Waals surface area contributed by atoms with Crippen LogP contribution in [0.3, 0.4) is 0 Å². The van der Waals surface area contributed by atoms with E-state index in [4.69, 9.17) is 5.10 Å². The van der Waals surface area contributed by atoms with E-state index < -0.39 is 0 Å². The standard InChI is InChI=1S/C29H38N4O2/c1-19-25(20(2)33(31-19)18-21-7-4-3-5-8-21)17-30-27(34)26-9-6-10-32(26)28(35)29-14-22-11-23(15-29)13-24(12-22)16-29/h3-5,7-8,22-24,26H,6,9-18H2,1-2H3,(H,30,34). The molecule has 4 saturated carbocycles. The van der Waals surface area contributed by atoms with Gasteiger partial charge in [0.25, 0.3) is 0 Å². The zero-order valence-electron chi connectivity index (χ0n) is 21.1. The van der Waals surface area contributed by atoms with Crippen LogP contribution in [0.4, 0.5) is 0 Å². The smallest absolute Gasteiger partial charge is 0.243 e. The van der Waals surface area contributed by atoms with E-state index in [1.165, 1.54) is 24.8 Å². The largest absolute Gasteiger partial charge is 0.350 e. The van der Waals surface area contributed by atoms with E-state index in [1.807, 2.05) is 34.7 Å². The summed E-state index contributed by atoms with van der Waals surface area (Å²) in [7, 11) is 0. The maximum Gasteiger partial charge on any atom is 0.243 e. The third kappa shape index (κ3) is 4.09. The van der Waals surface area contributed by atoms with Crippen molar-refractivity contribution < 1.29 is 9.59 Å². The molecule has 186 valence electrons. The van der Waals surface area contributed by atoms with Crippen molar-refractivity contribution in [2.45, 2.75) is 84.3 Å². The van der Waals surface area contributed by atoms with Crippen LogP contribution in [0.1, 0.15) is 73.9 Å². The molecule has 1 atom stereocenters. The monoisotopic (exact) mass is 474 g/mol. The van der Waals surface area contributed by atoms with Crippen molar-refractivity contribution in [3.63, 3.8) is 0 Å². The molecule has 7 rings (SSSR count). The lowest BCUT2D eigenvalue weighted by molar-refractivity contribution is -0.160. The fourth-order valence-electron chi connectivity index (χ4n) is 8.15. The van der Waals surface area contributed by atoms with Gasteiger partial charge in [-0.25, -0.2) is 0 Å². The number of hydrogen-bond donors (Lipinski definition) is 1. The second-order valence-electron chi connectivity index (χ2n) is 11.9. The van der Waals surface area contributed by atoms with Gasteiger partial charge in [-0.3, -0.25) is 14.3 Å². The molecular weight excluding hydrogens is 436 g/mol. The van der Waals surface area contributed by atoms with Crippen LogP contribution in [0.2, 0.25) is 0 Å². The van der Waals surface area contributed by atoms with Gasteiger partial charge >= 0.3 is 0 Å². The first-order valence-electron chi connectivity index (χ1n) is 13.6. The highest BCUT2D eigenvalue weighted by atomic mass is 16.2. The van der Waals surface area contributed by atoms with E-state index in [0.717, 1.165) is 79.9 Å². The summed E-state index contributed by atoms with van der Waals surface area (Å²) in [6.45, 7) is 5.99. The van der Waals surface area contributed by atoms with Crippen molar-refractivity contribution in [2.24, 2.45) is 23.2 Å². The average molecular weight is 475 g/mol. The summed E-state index contributed by atoms with van der Waals surface area (Å²) in [6.07, 6.45) is 8.84. The highest BCUT2D eigenvalue weighted by Gasteiger charge is 2.56. The maximum absolute atomic E-state index is 13.9. The Balaban J connectivity index is 1.12. The van der Waals surface area contributed by atoms with E-state index in [9.17, 15) is 9.59 Å². The number of benzene rings is 1. The Kier molecular flexibility index (Phi) is 5.73. The fourth-order valence-corrected chi connectivity index (χ4v) is 8.15. The quantitative estimate of drug-likeness (QED) is 0.676. The van der Waals surface area contributed by atoms with Gasteiger partial charge in [0.15, 0.2) is 0 Å². The van der Waals surface area contributed by atoms with E-state index in [1.54, 1.807) is 0 Å². The summed E-state index contributed by atoms with van der Waals surface area (Å²) in [5.41, 5.74) is 4.14. The Bertz CT molecular complexity index is 1090. The molecule has 2 heterocycles. The third-order valence-electron chi connectivity index (χ3n) is 9.45. The lowest BCUT2D eigenvalue weighted by atomic mass is 9.49. The topological polar surface area (TPSA) is 67.2 Å². The molecule has 0 spiro atoms. The number of likely N-dealkylation sites (tertiary alicyclic amines) is 1. The zero-order valence-corrected chi connectivity index (χ0v) is 21.1. The van der Waals surface area contributed by atoms with Gasteiger partial charge < -0.3 is 10.2 Å². The summed E-state index contributed by atoms with van der Waals surface area (Å²) in [5, 5.41) is 7.90. The predicted molar refractivity (Wildman–Crippen MR) is 134 cm³/mol. The molecule has 1 unspecified atom stereocenters. The van der Waals surface area contributed by atoms with E-state index >= 15 is 0 Å². The Morgan fingerprint density at radius 3 is 2.34 bits per heavy atom. The molecule has 2 amide bonds. The number of nitrogens with zero attached hydrogens (tertiary/aromatic N) is 3. The number of rotatable bonds is 6. The van der Waals surface area contributed by atoms with Gasteiger partial charge in [-0.2, -0.15) is 5.10 Å². The van der Waals surface area contributed by atoms with Gasteiger partial charge in [0.05, 0.1) is 17.7 Å². The molecule has 5 aliphatic rings. The molecule has 1 aromatic carbocycles. The molecule has 1 N–H and O–H groups in total. The normalized spacial score (nSPS) is 31.2. The van der Waals surface area contributed by atoms with Crippen LogP contribution in [-0.2, 0) is 22.7 Å². The third-order valence-corrected chi connectivity index (χ3v) is 9.45. The number of amides is 2. The molecule has 1 saturated heterocycles. The molecule has 2 aromatic rings. The number of nitrogens with one attached hydrogen (secondary N) is 1. The van der Waals surface area contributed by atoms with Gasteiger partial charge in [-0.1, -0.05) is 30.3 Å². The van der Waals surface area contributed by atoms with Gasteiger partial charge in [0.2, 0.25) is 11.8 Å². The minimum atomic E-state index is -0.324. The van der Waals surface area contributed by atoms with Crippen LogP contribution in [0.15, 0.2) is 30.3 Å². The fraction of sp³-hybridized carbons (Fsp3) is 0.621. The number of aryl methyl sites for hydroxylation is 1. The molecule has 6 heteroatoms. The van der Waals surface area contributed by atoms with Crippen LogP contribution in [0.25, 0.3) is 0 Å². The molecule has 1 aromatic heterocycles. The second-order valence-corrected chi connectivity index (χ2v) is 11.9. The highest BCUT2D eigenvalue weighted by molar-refractivity contribution is 5.91. The van der Waals surface area contributed by atoms with Crippen molar-refractivity contribution in [3.05, 3.63) is 52.8 Å². The van der Waals surface area contributed by atoms with Gasteiger partial charge in [0, 0.05) is 24.3 Å². The molecule has 35 heavy (non-hydrogen) atoms. The zero-order chi connectivity index (χ0) is 24.2. The molecule has 1 aliphatic heterocycles. The van der Waals surface area contributed by atoms with Crippen LogP contribution in [-0.4, -0.2) is 39.1 Å². The molecule has 4 bridgehead atoms.